The molecule has 4 aromatic rings. The van der Waals surface area contributed by atoms with Crippen LogP contribution >= 0.6 is 0 Å². The van der Waals surface area contributed by atoms with Crippen molar-refractivity contribution in [1.29, 1.82) is 0 Å². The minimum Gasteiger partial charge on any atom is -0.381 e. The number of piperidine rings is 1. The first kappa shape index (κ1) is 23.4. The standard InChI is InChI=1S/C27H29N7O3/c1-27(2,37)25(35)33-11-8-17(9-12-33)34-23-16(15-32(3)26(34)36)13-29-21-7-6-20(31-22(21)23)19-14-30-24-18(19)5-4-10-28-24/h4-7,10,13-14,17,37H,8-9,11-12,15H2,1-3H3,(H,28,30). The Hall–Kier alpha value is -4.05. The SMILES string of the molecule is CN1Cc2cnc3ccc(-c4c[nH]c5ncccc45)nc3c2N(C2CCN(C(=O)C(C)(C)O)CC2)C1=O. The number of pyridine rings is 3. The van der Waals surface area contributed by atoms with E-state index >= 15 is 0 Å². The summed E-state index contributed by atoms with van der Waals surface area (Å²) < 4.78 is 0. The second-order valence-electron chi connectivity index (χ2n) is 10.4. The molecule has 0 aromatic carbocycles. The Morgan fingerprint density at radius 3 is 2.70 bits per heavy atom. The molecule has 0 bridgehead atoms. The molecule has 0 saturated carbocycles. The fourth-order valence-electron chi connectivity index (χ4n) is 5.45. The molecule has 0 spiro atoms. The number of aliphatic hydroxyl groups is 1. The van der Waals surface area contributed by atoms with Gasteiger partial charge in [-0.1, -0.05) is 0 Å². The van der Waals surface area contributed by atoms with E-state index in [1.807, 2.05) is 41.6 Å². The summed E-state index contributed by atoms with van der Waals surface area (Å²) in [5.41, 5.74) is 4.22. The summed E-state index contributed by atoms with van der Waals surface area (Å²) in [5, 5.41) is 11.1. The Labute approximate surface area is 213 Å². The Balaban J connectivity index is 1.42. The largest absolute Gasteiger partial charge is 0.381 e. The van der Waals surface area contributed by atoms with E-state index in [2.05, 4.69) is 15.0 Å². The van der Waals surface area contributed by atoms with Gasteiger partial charge in [-0.15, -0.1) is 0 Å². The zero-order valence-electron chi connectivity index (χ0n) is 21.1. The van der Waals surface area contributed by atoms with Crippen LogP contribution in [0.4, 0.5) is 10.5 Å². The number of aromatic nitrogens is 4. The minimum absolute atomic E-state index is 0.0873. The van der Waals surface area contributed by atoms with E-state index in [1.54, 1.807) is 23.0 Å². The summed E-state index contributed by atoms with van der Waals surface area (Å²) in [4.78, 5) is 48.7. The summed E-state index contributed by atoms with van der Waals surface area (Å²) >= 11 is 0. The molecule has 0 aliphatic carbocycles. The highest BCUT2D eigenvalue weighted by Crippen LogP contribution is 2.38. The molecular weight excluding hydrogens is 470 g/mol. The molecule has 190 valence electrons. The number of carbonyl (C=O) groups is 2. The van der Waals surface area contributed by atoms with Gasteiger partial charge in [-0.2, -0.15) is 0 Å². The fraction of sp³-hybridized carbons (Fsp3) is 0.370. The summed E-state index contributed by atoms with van der Waals surface area (Å²) in [5.74, 6) is -0.289. The Morgan fingerprint density at radius 2 is 1.95 bits per heavy atom. The maximum Gasteiger partial charge on any atom is 0.324 e. The lowest BCUT2D eigenvalue weighted by Gasteiger charge is -2.43. The molecule has 10 heteroatoms. The van der Waals surface area contributed by atoms with Gasteiger partial charge in [0.1, 0.15) is 16.8 Å². The predicted octanol–water partition coefficient (Wildman–Crippen LogP) is 3.31. The van der Waals surface area contributed by atoms with Gasteiger partial charge in [-0.25, -0.2) is 14.8 Å². The van der Waals surface area contributed by atoms with Crippen LogP contribution in [0.5, 0.6) is 0 Å². The second-order valence-corrected chi connectivity index (χ2v) is 10.4. The minimum atomic E-state index is -1.42. The normalized spacial score (nSPS) is 17.1. The summed E-state index contributed by atoms with van der Waals surface area (Å²) in [6.45, 7) is 4.41. The van der Waals surface area contributed by atoms with E-state index in [-0.39, 0.29) is 18.0 Å². The van der Waals surface area contributed by atoms with Crippen molar-refractivity contribution in [2.24, 2.45) is 0 Å². The number of hydrogen-bond donors (Lipinski definition) is 2. The van der Waals surface area contributed by atoms with Crippen LogP contribution in [-0.2, 0) is 11.3 Å². The monoisotopic (exact) mass is 499 g/mol. The number of H-pyrrole nitrogens is 1. The molecule has 6 rings (SSSR count). The molecular formula is C27H29N7O3. The highest BCUT2D eigenvalue weighted by atomic mass is 16.3. The number of likely N-dealkylation sites (tertiary alicyclic amines) is 1. The lowest BCUT2D eigenvalue weighted by atomic mass is 9.98. The average Bonchev–Trinajstić information content (AvgIpc) is 3.32. The average molecular weight is 500 g/mol. The van der Waals surface area contributed by atoms with Gasteiger partial charge in [-0.3, -0.25) is 14.7 Å². The van der Waals surface area contributed by atoms with Crippen molar-refractivity contribution in [2.75, 3.05) is 25.0 Å². The molecule has 0 unspecified atom stereocenters. The summed E-state index contributed by atoms with van der Waals surface area (Å²) in [6, 6.07) is 7.60. The van der Waals surface area contributed by atoms with Gasteiger partial charge in [0, 0.05) is 61.3 Å². The van der Waals surface area contributed by atoms with Crippen molar-refractivity contribution in [3.8, 4) is 11.3 Å². The molecule has 1 fully saturated rings. The number of aromatic amines is 1. The van der Waals surface area contributed by atoms with Gasteiger partial charge in [0.05, 0.1) is 23.4 Å². The number of anilines is 1. The smallest absolute Gasteiger partial charge is 0.324 e. The number of nitrogens with one attached hydrogen (secondary N) is 1. The van der Waals surface area contributed by atoms with Gasteiger partial charge in [0.25, 0.3) is 5.91 Å². The van der Waals surface area contributed by atoms with Crippen molar-refractivity contribution >= 4 is 39.7 Å². The molecule has 1 saturated heterocycles. The number of carbonyl (C=O) groups excluding carboxylic acids is 2. The third kappa shape index (κ3) is 3.88. The third-order valence-corrected chi connectivity index (χ3v) is 7.31. The molecule has 0 radical (unpaired) electrons. The molecule has 0 atom stereocenters. The molecule has 4 aromatic heterocycles. The number of nitrogens with zero attached hydrogens (tertiary/aromatic N) is 6. The Morgan fingerprint density at radius 1 is 1.16 bits per heavy atom. The van der Waals surface area contributed by atoms with Crippen molar-refractivity contribution in [3.63, 3.8) is 0 Å². The number of rotatable bonds is 3. The molecule has 2 aliphatic heterocycles. The highest BCUT2D eigenvalue weighted by molar-refractivity contribution is 6.04. The molecule has 2 aliphatic rings. The molecule has 37 heavy (non-hydrogen) atoms. The van der Waals surface area contributed by atoms with Crippen molar-refractivity contribution in [1.82, 2.24) is 29.7 Å². The third-order valence-electron chi connectivity index (χ3n) is 7.31. The summed E-state index contributed by atoms with van der Waals surface area (Å²) in [7, 11) is 1.79. The number of fused-ring (bicyclic) bond motifs is 4. The van der Waals surface area contributed by atoms with E-state index < -0.39 is 5.60 Å². The maximum absolute atomic E-state index is 13.6. The van der Waals surface area contributed by atoms with Crippen LogP contribution < -0.4 is 4.90 Å². The molecule has 10 nitrogen and oxygen atoms in total. The predicted molar refractivity (Wildman–Crippen MR) is 140 cm³/mol. The Bertz CT molecular complexity index is 1530. The first-order chi connectivity index (χ1) is 17.7. The molecule has 3 amide bonds. The molecule has 2 N–H and O–H groups in total. The van der Waals surface area contributed by atoms with Crippen molar-refractivity contribution in [2.45, 2.75) is 44.9 Å². The van der Waals surface area contributed by atoms with Gasteiger partial charge in [-0.05, 0) is 51.0 Å². The van der Waals surface area contributed by atoms with Crippen molar-refractivity contribution in [3.05, 3.63) is 48.4 Å². The highest BCUT2D eigenvalue weighted by Gasteiger charge is 2.39. The van der Waals surface area contributed by atoms with Crippen LogP contribution in [0.3, 0.4) is 0 Å². The Kier molecular flexibility index (Phi) is 5.38. The van der Waals surface area contributed by atoms with E-state index in [4.69, 9.17) is 4.98 Å². The quantitative estimate of drug-likeness (QED) is 0.447. The van der Waals surface area contributed by atoms with Crippen LogP contribution in [0.25, 0.3) is 33.3 Å². The van der Waals surface area contributed by atoms with Gasteiger partial charge in [0.15, 0.2) is 0 Å². The van der Waals surface area contributed by atoms with Gasteiger partial charge < -0.3 is 19.9 Å². The van der Waals surface area contributed by atoms with Crippen LogP contribution in [0.15, 0.2) is 42.9 Å². The first-order valence-corrected chi connectivity index (χ1v) is 12.5. The second kappa shape index (κ2) is 8.52. The molecule has 6 heterocycles. The number of hydrogen-bond acceptors (Lipinski definition) is 6. The fourth-order valence-corrected chi connectivity index (χ4v) is 5.45. The van der Waals surface area contributed by atoms with E-state index in [0.29, 0.717) is 38.0 Å². The van der Waals surface area contributed by atoms with Gasteiger partial charge >= 0.3 is 6.03 Å². The zero-order chi connectivity index (χ0) is 25.9. The lowest BCUT2D eigenvalue weighted by molar-refractivity contribution is -0.148. The lowest BCUT2D eigenvalue weighted by Crippen LogP contribution is -2.56. The van der Waals surface area contributed by atoms with Crippen LogP contribution in [0, 0.1) is 0 Å². The van der Waals surface area contributed by atoms with Crippen molar-refractivity contribution < 1.29 is 14.7 Å². The topological polar surface area (TPSA) is 119 Å². The van der Waals surface area contributed by atoms with Crippen LogP contribution in [0.2, 0.25) is 0 Å². The first-order valence-electron chi connectivity index (χ1n) is 12.5. The van der Waals surface area contributed by atoms with E-state index in [0.717, 1.165) is 39.1 Å². The number of urea groups is 1. The van der Waals surface area contributed by atoms with E-state index in [1.165, 1.54) is 13.8 Å². The van der Waals surface area contributed by atoms with Crippen LogP contribution in [-0.4, -0.2) is 78.6 Å². The maximum atomic E-state index is 13.6. The van der Waals surface area contributed by atoms with E-state index in [9.17, 15) is 14.7 Å². The van der Waals surface area contributed by atoms with Crippen LogP contribution in [0.1, 0.15) is 32.3 Å². The van der Waals surface area contributed by atoms with Gasteiger partial charge in [0.2, 0.25) is 0 Å². The summed E-state index contributed by atoms with van der Waals surface area (Å²) in [6.07, 6.45) is 6.70. The zero-order valence-corrected chi connectivity index (χ0v) is 21.1. The number of amides is 3.